The number of thiocarbonyl (C=S) groups is 1. The van der Waals surface area contributed by atoms with Gasteiger partial charge < -0.3 is 10.2 Å². The fourth-order valence-corrected chi connectivity index (χ4v) is 3.11. The molecule has 1 aliphatic heterocycles. The quantitative estimate of drug-likeness (QED) is 0.657. The standard InChI is InChI=1S/C13H11NO4S2/c1-7(12(17)18)14-11(16)10(20-13(14)19)6-8-3-2-4-9(15)5-8/h2-7,15H,1H3,(H,17,18)/b10-6+/t7-/m0/s1. The van der Waals surface area contributed by atoms with Gasteiger partial charge in [0.15, 0.2) is 0 Å². The molecule has 0 radical (unpaired) electrons. The topological polar surface area (TPSA) is 77.8 Å². The van der Waals surface area contributed by atoms with E-state index in [1.165, 1.54) is 19.1 Å². The lowest BCUT2D eigenvalue weighted by molar-refractivity contribution is -0.144. The van der Waals surface area contributed by atoms with Crippen LogP contribution in [-0.4, -0.2) is 37.4 Å². The summed E-state index contributed by atoms with van der Waals surface area (Å²) >= 11 is 6.10. The Hall–Kier alpha value is -1.86. The number of carbonyl (C=O) groups is 2. The Balaban J connectivity index is 2.30. The molecule has 20 heavy (non-hydrogen) atoms. The molecular formula is C13H11NO4S2. The summed E-state index contributed by atoms with van der Waals surface area (Å²) in [5.41, 5.74) is 0.647. The minimum absolute atomic E-state index is 0.0909. The van der Waals surface area contributed by atoms with Crippen LogP contribution in [0.3, 0.4) is 0 Å². The van der Waals surface area contributed by atoms with E-state index >= 15 is 0 Å². The van der Waals surface area contributed by atoms with Gasteiger partial charge in [0.25, 0.3) is 5.91 Å². The van der Waals surface area contributed by atoms with Crippen molar-refractivity contribution in [1.82, 2.24) is 4.90 Å². The van der Waals surface area contributed by atoms with Gasteiger partial charge in [0.2, 0.25) is 0 Å². The van der Waals surface area contributed by atoms with E-state index in [0.717, 1.165) is 16.7 Å². The summed E-state index contributed by atoms with van der Waals surface area (Å²) in [4.78, 5) is 24.6. The minimum Gasteiger partial charge on any atom is -0.508 e. The molecular weight excluding hydrogens is 298 g/mol. The van der Waals surface area contributed by atoms with Crippen LogP contribution < -0.4 is 0 Å². The maximum Gasteiger partial charge on any atom is 0.326 e. The van der Waals surface area contributed by atoms with Crippen molar-refractivity contribution in [2.45, 2.75) is 13.0 Å². The molecule has 2 N–H and O–H groups in total. The molecule has 0 aliphatic carbocycles. The maximum absolute atomic E-state index is 12.2. The van der Waals surface area contributed by atoms with Gasteiger partial charge in [-0.2, -0.15) is 0 Å². The van der Waals surface area contributed by atoms with Gasteiger partial charge in [0, 0.05) is 0 Å². The molecule has 1 aromatic carbocycles. The number of rotatable bonds is 3. The van der Waals surface area contributed by atoms with Crippen LogP contribution in [0.2, 0.25) is 0 Å². The average Bonchev–Trinajstić information content (AvgIpc) is 2.63. The number of hydrogen-bond acceptors (Lipinski definition) is 5. The van der Waals surface area contributed by atoms with Gasteiger partial charge in [-0.25, -0.2) is 4.79 Å². The lowest BCUT2D eigenvalue weighted by atomic mass is 10.2. The number of carboxylic acid groups (broad SMARTS) is 1. The van der Waals surface area contributed by atoms with Crippen LogP contribution in [0.15, 0.2) is 29.2 Å². The molecule has 0 unspecified atom stereocenters. The summed E-state index contributed by atoms with van der Waals surface area (Å²) in [6.07, 6.45) is 1.58. The van der Waals surface area contributed by atoms with Crippen LogP contribution in [0.1, 0.15) is 12.5 Å². The number of carbonyl (C=O) groups excluding carboxylic acids is 1. The third-order valence-corrected chi connectivity index (χ3v) is 4.07. The lowest BCUT2D eigenvalue weighted by Crippen LogP contribution is -2.41. The Morgan fingerprint density at radius 2 is 2.20 bits per heavy atom. The number of benzene rings is 1. The van der Waals surface area contributed by atoms with Crippen LogP contribution >= 0.6 is 24.0 Å². The summed E-state index contributed by atoms with van der Waals surface area (Å²) < 4.78 is 0.219. The van der Waals surface area contributed by atoms with Crippen molar-refractivity contribution in [2.75, 3.05) is 0 Å². The van der Waals surface area contributed by atoms with E-state index in [2.05, 4.69) is 0 Å². The highest BCUT2D eigenvalue weighted by Crippen LogP contribution is 2.34. The molecule has 0 saturated carbocycles. The number of aromatic hydroxyl groups is 1. The first-order chi connectivity index (χ1) is 9.40. The predicted octanol–water partition coefficient (Wildman–Crippen LogP) is 2.07. The van der Waals surface area contributed by atoms with E-state index < -0.39 is 17.9 Å². The first kappa shape index (κ1) is 14.5. The molecule has 104 valence electrons. The van der Waals surface area contributed by atoms with E-state index in [1.807, 2.05) is 0 Å². The highest BCUT2D eigenvalue weighted by Gasteiger charge is 2.38. The zero-order chi connectivity index (χ0) is 14.9. The summed E-state index contributed by atoms with van der Waals surface area (Å²) in [5.74, 6) is -1.45. The van der Waals surface area contributed by atoms with E-state index in [9.17, 15) is 14.7 Å². The summed E-state index contributed by atoms with van der Waals surface area (Å²) in [7, 11) is 0. The molecule has 2 rings (SSSR count). The average molecular weight is 309 g/mol. The van der Waals surface area contributed by atoms with E-state index in [1.54, 1.807) is 18.2 Å². The number of thioether (sulfide) groups is 1. The second-order valence-corrected chi connectivity index (χ2v) is 5.84. The van der Waals surface area contributed by atoms with Crippen molar-refractivity contribution >= 4 is 46.3 Å². The van der Waals surface area contributed by atoms with Crippen LogP contribution in [0.5, 0.6) is 5.75 Å². The fourth-order valence-electron chi connectivity index (χ4n) is 1.69. The normalized spacial score (nSPS) is 18.6. The molecule has 1 saturated heterocycles. The molecule has 1 aliphatic rings. The third-order valence-electron chi connectivity index (χ3n) is 2.74. The summed E-state index contributed by atoms with van der Waals surface area (Å²) in [6, 6.07) is 5.41. The molecule has 0 spiro atoms. The second-order valence-electron chi connectivity index (χ2n) is 4.16. The van der Waals surface area contributed by atoms with Crippen molar-refractivity contribution in [3.05, 3.63) is 34.7 Å². The Bertz CT molecular complexity index is 627. The van der Waals surface area contributed by atoms with E-state index in [4.69, 9.17) is 17.3 Å². The highest BCUT2D eigenvalue weighted by atomic mass is 32.2. The smallest absolute Gasteiger partial charge is 0.326 e. The van der Waals surface area contributed by atoms with Crippen molar-refractivity contribution in [1.29, 1.82) is 0 Å². The second kappa shape index (κ2) is 5.64. The number of carboxylic acids is 1. The van der Waals surface area contributed by atoms with Crippen LogP contribution in [0.4, 0.5) is 0 Å². The SMILES string of the molecule is C[C@@H](C(=O)O)N1C(=O)/C(=C\c2cccc(O)c2)SC1=S. The number of phenolic OH excluding ortho intramolecular Hbond substituents is 1. The Labute approximate surface area is 124 Å². The van der Waals surface area contributed by atoms with Gasteiger partial charge in [0.1, 0.15) is 16.1 Å². The Kier molecular flexibility index (Phi) is 4.10. The van der Waals surface area contributed by atoms with Gasteiger partial charge in [-0.05, 0) is 30.7 Å². The van der Waals surface area contributed by atoms with E-state index in [0.29, 0.717) is 10.5 Å². The van der Waals surface area contributed by atoms with Crippen LogP contribution in [0.25, 0.3) is 6.08 Å². The van der Waals surface area contributed by atoms with Gasteiger partial charge in [-0.3, -0.25) is 9.69 Å². The van der Waals surface area contributed by atoms with Crippen molar-refractivity contribution in [2.24, 2.45) is 0 Å². The van der Waals surface area contributed by atoms with Crippen LogP contribution in [-0.2, 0) is 9.59 Å². The van der Waals surface area contributed by atoms with Gasteiger partial charge in [-0.1, -0.05) is 36.1 Å². The largest absolute Gasteiger partial charge is 0.508 e. The molecule has 1 aromatic rings. The third kappa shape index (κ3) is 2.83. The zero-order valence-electron chi connectivity index (χ0n) is 10.4. The number of phenols is 1. The number of aliphatic carboxylic acids is 1. The fraction of sp³-hybridized carbons (Fsp3) is 0.154. The Morgan fingerprint density at radius 3 is 2.80 bits per heavy atom. The van der Waals surface area contributed by atoms with Gasteiger partial charge in [-0.15, -0.1) is 0 Å². The number of hydrogen-bond donors (Lipinski definition) is 2. The van der Waals surface area contributed by atoms with Gasteiger partial charge >= 0.3 is 5.97 Å². The molecule has 1 amide bonds. The van der Waals surface area contributed by atoms with Crippen molar-refractivity contribution in [3.63, 3.8) is 0 Å². The monoisotopic (exact) mass is 309 g/mol. The zero-order valence-corrected chi connectivity index (χ0v) is 12.1. The first-order valence-corrected chi connectivity index (χ1v) is 6.91. The molecule has 0 bridgehead atoms. The Morgan fingerprint density at radius 1 is 1.50 bits per heavy atom. The molecule has 1 heterocycles. The molecule has 0 aromatic heterocycles. The number of amides is 1. The van der Waals surface area contributed by atoms with Crippen LogP contribution in [0, 0.1) is 0 Å². The lowest BCUT2D eigenvalue weighted by Gasteiger charge is -2.18. The molecule has 7 heteroatoms. The van der Waals surface area contributed by atoms with Crippen molar-refractivity contribution in [3.8, 4) is 5.75 Å². The minimum atomic E-state index is -1.11. The summed E-state index contributed by atoms with van der Waals surface area (Å²) in [6.45, 7) is 1.41. The summed E-state index contributed by atoms with van der Waals surface area (Å²) in [5, 5.41) is 18.4. The maximum atomic E-state index is 12.2. The molecule has 5 nitrogen and oxygen atoms in total. The van der Waals surface area contributed by atoms with Gasteiger partial charge in [0.05, 0.1) is 4.91 Å². The predicted molar refractivity (Wildman–Crippen MR) is 80.2 cm³/mol. The van der Waals surface area contributed by atoms with E-state index in [-0.39, 0.29) is 10.1 Å². The highest BCUT2D eigenvalue weighted by molar-refractivity contribution is 8.26. The first-order valence-electron chi connectivity index (χ1n) is 5.69. The molecule has 1 atom stereocenters. The van der Waals surface area contributed by atoms with Crippen molar-refractivity contribution < 1.29 is 19.8 Å². The number of nitrogens with zero attached hydrogens (tertiary/aromatic N) is 1. The molecule has 1 fully saturated rings.